The molecule has 4 rings (SSSR count). The molecule has 114 valence electrons. The SMILES string of the molecule is O=C(Cn1cnc2ccccc21)NCc1cc2ccccn2n1. The Morgan fingerprint density at radius 1 is 1.13 bits per heavy atom. The van der Waals surface area contributed by atoms with Crippen LogP contribution < -0.4 is 5.32 Å². The van der Waals surface area contributed by atoms with Gasteiger partial charge in [-0.05, 0) is 30.3 Å². The summed E-state index contributed by atoms with van der Waals surface area (Å²) in [5.41, 5.74) is 3.69. The Hall–Kier alpha value is -3.15. The number of aromatic nitrogens is 4. The van der Waals surface area contributed by atoms with E-state index < -0.39 is 0 Å². The van der Waals surface area contributed by atoms with E-state index in [-0.39, 0.29) is 12.5 Å². The molecule has 1 N–H and O–H groups in total. The minimum absolute atomic E-state index is 0.0646. The molecule has 1 aromatic carbocycles. The van der Waals surface area contributed by atoms with E-state index in [0.717, 1.165) is 22.2 Å². The quantitative estimate of drug-likeness (QED) is 0.627. The predicted molar refractivity (Wildman–Crippen MR) is 86.8 cm³/mol. The van der Waals surface area contributed by atoms with Crippen molar-refractivity contribution in [3.63, 3.8) is 0 Å². The van der Waals surface area contributed by atoms with Crippen molar-refractivity contribution in [1.29, 1.82) is 0 Å². The van der Waals surface area contributed by atoms with Crippen LogP contribution in [0.1, 0.15) is 5.69 Å². The van der Waals surface area contributed by atoms with Gasteiger partial charge in [0, 0.05) is 6.20 Å². The van der Waals surface area contributed by atoms with E-state index in [1.807, 2.05) is 59.3 Å². The van der Waals surface area contributed by atoms with E-state index in [2.05, 4.69) is 15.4 Å². The van der Waals surface area contributed by atoms with Crippen molar-refractivity contribution in [2.75, 3.05) is 0 Å². The Bertz CT molecular complexity index is 952. The number of hydrogen-bond donors (Lipinski definition) is 1. The number of carbonyl (C=O) groups is 1. The van der Waals surface area contributed by atoms with Crippen molar-refractivity contribution in [2.45, 2.75) is 13.1 Å². The Labute approximate surface area is 132 Å². The highest BCUT2D eigenvalue weighted by Gasteiger charge is 2.08. The molecule has 6 nitrogen and oxygen atoms in total. The zero-order valence-corrected chi connectivity index (χ0v) is 12.4. The summed E-state index contributed by atoms with van der Waals surface area (Å²) in [5.74, 6) is -0.0646. The third kappa shape index (κ3) is 2.66. The van der Waals surface area contributed by atoms with E-state index in [1.54, 1.807) is 10.8 Å². The number of amides is 1. The van der Waals surface area contributed by atoms with Crippen molar-refractivity contribution in [2.24, 2.45) is 0 Å². The number of imidazole rings is 1. The lowest BCUT2D eigenvalue weighted by Gasteiger charge is -2.05. The van der Waals surface area contributed by atoms with E-state index in [9.17, 15) is 4.79 Å². The molecule has 6 heteroatoms. The molecule has 3 heterocycles. The first-order chi connectivity index (χ1) is 11.3. The van der Waals surface area contributed by atoms with Crippen LogP contribution in [0.15, 0.2) is 61.1 Å². The van der Waals surface area contributed by atoms with Crippen LogP contribution in [0.3, 0.4) is 0 Å². The third-order valence-electron chi connectivity index (χ3n) is 3.73. The fourth-order valence-electron chi connectivity index (χ4n) is 2.61. The molecule has 0 aliphatic rings. The van der Waals surface area contributed by atoms with Crippen molar-refractivity contribution in [3.05, 3.63) is 66.7 Å². The van der Waals surface area contributed by atoms with E-state index >= 15 is 0 Å². The first kappa shape index (κ1) is 13.5. The van der Waals surface area contributed by atoms with Gasteiger partial charge < -0.3 is 9.88 Å². The summed E-state index contributed by atoms with van der Waals surface area (Å²) in [6.07, 6.45) is 3.58. The average Bonchev–Trinajstić information content (AvgIpc) is 3.17. The molecule has 4 aromatic rings. The largest absolute Gasteiger partial charge is 0.349 e. The monoisotopic (exact) mass is 305 g/mol. The first-order valence-corrected chi connectivity index (χ1v) is 7.39. The average molecular weight is 305 g/mol. The van der Waals surface area contributed by atoms with Gasteiger partial charge in [-0.15, -0.1) is 0 Å². The maximum Gasteiger partial charge on any atom is 0.240 e. The number of carbonyl (C=O) groups excluding carboxylic acids is 1. The zero-order valence-electron chi connectivity index (χ0n) is 12.4. The number of hydrogen-bond acceptors (Lipinski definition) is 3. The summed E-state index contributed by atoms with van der Waals surface area (Å²) in [5, 5.41) is 7.31. The maximum atomic E-state index is 12.1. The summed E-state index contributed by atoms with van der Waals surface area (Å²) in [4.78, 5) is 16.4. The van der Waals surface area contributed by atoms with Gasteiger partial charge in [0.2, 0.25) is 5.91 Å². The van der Waals surface area contributed by atoms with Crippen LogP contribution in [0, 0.1) is 0 Å². The van der Waals surface area contributed by atoms with Crippen LogP contribution in [-0.4, -0.2) is 25.1 Å². The highest BCUT2D eigenvalue weighted by molar-refractivity contribution is 5.80. The van der Waals surface area contributed by atoms with Crippen LogP contribution in [-0.2, 0) is 17.9 Å². The number of benzene rings is 1. The molecule has 0 saturated carbocycles. The Morgan fingerprint density at radius 3 is 2.91 bits per heavy atom. The third-order valence-corrected chi connectivity index (χ3v) is 3.73. The second-order valence-electron chi connectivity index (χ2n) is 5.34. The van der Waals surface area contributed by atoms with Crippen molar-refractivity contribution >= 4 is 22.5 Å². The lowest BCUT2D eigenvalue weighted by Crippen LogP contribution is -2.27. The molecule has 0 saturated heterocycles. The number of fused-ring (bicyclic) bond motifs is 2. The van der Waals surface area contributed by atoms with Crippen LogP contribution in [0.2, 0.25) is 0 Å². The number of rotatable bonds is 4. The van der Waals surface area contributed by atoms with Gasteiger partial charge in [-0.1, -0.05) is 18.2 Å². The Morgan fingerprint density at radius 2 is 2.00 bits per heavy atom. The van der Waals surface area contributed by atoms with Gasteiger partial charge >= 0.3 is 0 Å². The molecule has 0 unspecified atom stereocenters. The van der Waals surface area contributed by atoms with Gasteiger partial charge in [-0.25, -0.2) is 9.50 Å². The molecule has 3 aromatic heterocycles. The van der Waals surface area contributed by atoms with Crippen LogP contribution in [0.4, 0.5) is 0 Å². The molecule has 0 bridgehead atoms. The molecule has 0 aliphatic heterocycles. The predicted octanol–water partition coefficient (Wildman–Crippen LogP) is 2.00. The molecule has 0 fully saturated rings. The standard InChI is InChI=1S/C17H15N5O/c23-17(11-21-12-19-15-6-1-2-7-16(15)21)18-10-13-9-14-5-3-4-8-22(14)20-13/h1-9,12H,10-11H2,(H,18,23). The fourth-order valence-corrected chi connectivity index (χ4v) is 2.61. The number of nitrogens with one attached hydrogen (secondary N) is 1. The second-order valence-corrected chi connectivity index (χ2v) is 5.34. The van der Waals surface area contributed by atoms with Crippen molar-refractivity contribution in [3.8, 4) is 0 Å². The highest BCUT2D eigenvalue weighted by Crippen LogP contribution is 2.11. The van der Waals surface area contributed by atoms with Gasteiger partial charge in [0.25, 0.3) is 0 Å². The topological polar surface area (TPSA) is 64.2 Å². The number of nitrogens with zero attached hydrogens (tertiary/aromatic N) is 4. The molecule has 0 aliphatic carbocycles. The maximum absolute atomic E-state index is 12.1. The lowest BCUT2D eigenvalue weighted by molar-refractivity contribution is -0.121. The van der Waals surface area contributed by atoms with Crippen molar-refractivity contribution < 1.29 is 4.79 Å². The molecule has 0 atom stereocenters. The molecular formula is C17H15N5O. The van der Waals surface area contributed by atoms with Gasteiger partial charge in [0.15, 0.2) is 0 Å². The first-order valence-electron chi connectivity index (χ1n) is 7.39. The molecule has 1 amide bonds. The Balaban J connectivity index is 1.43. The van der Waals surface area contributed by atoms with Crippen LogP contribution >= 0.6 is 0 Å². The zero-order chi connectivity index (χ0) is 15.6. The minimum atomic E-state index is -0.0646. The molecule has 0 radical (unpaired) electrons. The smallest absolute Gasteiger partial charge is 0.240 e. The molecule has 23 heavy (non-hydrogen) atoms. The van der Waals surface area contributed by atoms with Crippen LogP contribution in [0.25, 0.3) is 16.6 Å². The van der Waals surface area contributed by atoms with Gasteiger partial charge in [0.05, 0.1) is 35.1 Å². The van der Waals surface area contributed by atoms with Crippen molar-refractivity contribution in [1.82, 2.24) is 24.5 Å². The second kappa shape index (κ2) is 5.57. The van der Waals surface area contributed by atoms with E-state index in [4.69, 9.17) is 0 Å². The van der Waals surface area contributed by atoms with E-state index in [1.165, 1.54) is 0 Å². The number of pyridine rings is 1. The summed E-state index contributed by atoms with van der Waals surface area (Å²) < 4.78 is 3.64. The molecule has 0 spiro atoms. The minimum Gasteiger partial charge on any atom is -0.349 e. The summed E-state index contributed by atoms with van der Waals surface area (Å²) in [6.45, 7) is 0.654. The number of para-hydroxylation sites is 2. The fraction of sp³-hybridized carbons (Fsp3) is 0.118. The summed E-state index contributed by atoms with van der Waals surface area (Å²) >= 11 is 0. The van der Waals surface area contributed by atoms with Gasteiger partial charge in [0.1, 0.15) is 6.54 Å². The lowest BCUT2D eigenvalue weighted by atomic mass is 10.3. The van der Waals surface area contributed by atoms with Gasteiger partial charge in [-0.3, -0.25) is 4.79 Å². The highest BCUT2D eigenvalue weighted by atomic mass is 16.1. The van der Waals surface area contributed by atoms with Crippen LogP contribution in [0.5, 0.6) is 0 Å². The van der Waals surface area contributed by atoms with Gasteiger partial charge in [-0.2, -0.15) is 5.10 Å². The normalized spacial score (nSPS) is 11.1. The summed E-state index contributed by atoms with van der Waals surface area (Å²) in [7, 11) is 0. The Kier molecular flexibility index (Phi) is 3.27. The summed E-state index contributed by atoms with van der Waals surface area (Å²) in [6, 6.07) is 15.6. The molecular weight excluding hydrogens is 290 g/mol. The van der Waals surface area contributed by atoms with E-state index in [0.29, 0.717) is 6.54 Å².